The first-order chi connectivity index (χ1) is 11.2. The SMILES string of the molecule is CCOC(O)N1C2CC3CC1[C@H](O)C2N(Cc1ccccc1)C3. The van der Waals surface area contributed by atoms with Crippen molar-refractivity contribution < 1.29 is 14.9 Å². The average Bonchev–Trinajstić information content (AvgIpc) is 2.65. The number of ether oxygens (including phenoxy) is 1. The zero-order valence-corrected chi connectivity index (χ0v) is 13.6. The van der Waals surface area contributed by atoms with E-state index in [1.54, 1.807) is 0 Å². The third kappa shape index (κ3) is 2.61. The second-order valence-electron chi connectivity index (χ2n) is 7.10. The number of piperidine rings is 2. The molecule has 5 heteroatoms. The molecule has 1 aromatic rings. The molecule has 0 amide bonds. The van der Waals surface area contributed by atoms with Crippen LogP contribution in [-0.4, -0.2) is 63.8 Å². The van der Waals surface area contributed by atoms with Crippen LogP contribution in [0.1, 0.15) is 25.3 Å². The zero-order chi connectivity index (χ0) is 16.0. The zero-order valence-electron chi connectivity index (χ0n) is 13.6. The number of likely N-dealkylation sites (tertiary alicyclic amines) is 1. The van der Waals surface area contributed by atoms with Crippen molar-refractivity contribution in [3.8, 4) is 0 Å². The van der Waals surface area contributed by atoms with Crippen molar-refractivity contribution in [2.24, 2.45) is 5.92 Å². The lowest BCUT2D eigenvalue weighted by atomic mass is 9.86. The maximum absolute atomic E-state index is 10.9. The summed E-state index contributed by atoms with van der Waals surface area (Å²) in [4.78, 5) is 4.43. The molecular weight excluding hydrogens is 292 g/mol. The van der Waals surface area contributed by atoms with E-state index in [0.29, 0.717) is 12.5 Å². The van der Waals surface area contributed by atoms with Gasteiger partial charge in [-0.15, -0.1) is 0 Å². The minimum absolute atomic E-state index is 0.0195. The highest BCUT2D eigenvalue weighted by Crippen LogP contribution is 2.46. The van der Waals surface area contributed by atoms with Crippen molar-refractivity contribution in [3.05, 3.63) is 35.9 Å². The van der Waals surface area contributed by atoms with Gasteiger partial charge in [0.05, 0.1) is 12.1 Å². The van der Waals surface area contributed by atoms with Gasteiger partial charge in [-0.3, -0.25) is 4.90 Å². The van der Waals surface area contributed by atoms with Crippen molar-refractivity contribution in [3.63, 3.8) is 0 Å². The smallest absolute Gasteiger partial charge is 0.216 e. The molecule has 3 aliphatic heterocycles. The van der Waals surface area contributed by atoms with Gasteiger partial charge in [0.2, 0.25) is 6.41 Å². The maximum atomic E-state index is 10.9. The predicted octanol–water partition coefficient (Wildman–Crippen LogP) is 1.01. The number of benzene rings is 1. The quantitative estimate of drug-likeness (QED) is 0.794. The normalized spacial score (nSPS) is 38.1. The molecule has 6 atom stereocenters. The number of aliphatic hydroxyl groups excluding tert-OH is 2. The fourth-order valence-electron chi connectivity index (χ4n) is 4.97. The molecule has 4 rings (SSSR count). The van der Waals surface area contributed by atoms with Crippen LogP contribution < -0.4 is 0 Å². The van der Waals surface area contributed by atoms with Crippen molar-refractivity contribution >= 4 is 0 Å². The average molecular weight is 318 g/mol. The molecule has 0 aromatic heterocycles. The topological polar surface area (TPSA) is 56.2 Å². The molecule has 3 aliphatic rings. The van der Waals surface area contributed by atoms with Crippen molar-refractivity contribution in [1.82, 2.24) is 9.80 Å². The third-order valence-electron chi connectivity index (χ3n) is 5.77. The number of fused-ring (bicyclic) bond motifs is 2. The van der Waals surface area contributed by atoms with E-state index in [4.69, 9.17) is 4.74 Å². The molecule has 5 unspecified atom stereocenters. The van der Waals surface area contributed by atoms with E-state index >= 15 is 0 Å². The van der Waals surface area contributed by atoms with Gasteiger partial charge in [0.1, 0.15) is 0 Å². The van der Waals surface area contributed by atoms with Crippen molar-refractivity contribution in [2.75, 3.05) is 13.2 Å². The lowest BCUT2D eigenvalue weighted by molar-refractivity contribution is -0.223. The van der Waals surface area contributed by atoms with Crippen LogP contribution in [0, 0.1) is 5.92 Å². The third-order valence-corrected chi connectivity index (χ3v) is 5.77. The van der Waals surface area contributed by atoms with Crippen LogP contribution in [0.25, 0.3) is 0 Å². The van der Waals surface area contributed by atoms with Gasteiger partial charge in [-0.25, -0.2) is 4.90 Å². The highest BCUT2D eigenvalue weighted by atomic mass is 16.6. The van der Waals surface area contributed by atoms with E-state index in [0.717, 1.165) is 25.9 Å². The highest BCUT2D eigenvalue weighted by Gasteiger charge is 2.59. The van der Waals surface area contributed by atoms with Crippen LogP contribution >= 0.6 is 0 Å². The summed E-state index contributed by atoms with van der Waals surface area (Å²) in [7, 11) is 0. The molecule has 5 nitrogen and oxygen atoms in total. The van der Waals surface area contributed by atoms with Crippen LogP contribution in [0.15, 0.2) is 30.3 Å². The summed E-state index contributed by atoms with van der Waals surface area (Å²) in [5.74, 6) is 0.604. The van der Waals surface area contributed by atoms with E-state index in [1.807, 2.05) is 17.9 Å². The Hall–Kier alpha value is -0.980. The van der Waals surface area contributed by atoms with E-state index in [1.165, 1.54) is 5.56 Å². The lowest BCUT2D eigenvalue weighted by Crippen LogP contribution is -2.58. The number of rotatable bonds is 5. The molecular formula is C18H26N2O3. The van der Waals surface area contributed by atoms with Crippen LogP contribution in [0.3, 0.4) is 0 Å². The molecule has 3 fully saturated rings. The number of nitrogens with zero attached hydrogens (tertiary/aromatic N) is 2. The molecule has 3 bridgehead atoms. The van der Waals surface area contributed by atoms with Crippen molar-refractivity contribution in [2.45, 2.75) is 57.0 Å². The first-order valence-corrected chi connectivity index (χ1v) is 8.72. The fraction of sp³-hybridized carbons (Fsp3) is 0.667. The standard InChI is InChI=1S/C18H26N2O3/c1-2-23-18(22)20-14-8-13-9-15(20)17(21)16(14)19(11-13)10-12-6-4-3-5-7-12/h3-7,13-18,21-22H,2,8-11H2,1H3/t13?,14?,15?,16?,17-,18?/m0/s1. The van der Waals surface area contributed by atoms with Gasteiger partial charge in [-0.05, 0) is 31.2 Å². The summed E-state index contributed by atoms with van der Waals surface area (Å²) in [5.41, 5.74) is 1.28. The monoisotopic (exact) mass is 318 g/mol. The van der Waals surface area contributed by atoms with Crippen LogP contribution in [0.4, 0.5) is 0 Å². The van der Waals surface area contributed by atoms with E-state index < -0.39 is 12.5 Å². The van der Waals surface area contributed by atoms with Gasteiger partial charge in [-0.2, -0.15) is 0 Å². The molecule has 23 heavy (non-hydrogen) atoms. The lowest BCUT2D eigenvalue weighted by Gasteiger charge is -2.47. The van der Waals surface area contributed by atoms with Gasteiger partial charge in [0.25, 0.3) is 0 Å². The molecule has 126 valence electrons. The Morgan fingerprint density at radius 2 is 1.96 bits per heavy atom. The summed E-state index contributed by atoms with van der Waals surface area (Å²) < 4.78 is 5.42. The van der Waals surface area contributed by atoms with Gasteiger partial charge in [0.15, 0.2) is 0 Å². The summed E-state index contributed by atoms with van der Waals surface area (Å²) in [6.45, 7) is 4.28. The molecule has 0 aliphatic carbocycles. The summed E-state index contributed by atoms with van der Waals surface area (Å²) in [6.07, 6.45) is 0.690. The second kappa shape index (κ2) is 6.15. The van der Waals surface area contributed by atoms with Gasteiger partial charge in [0, 0.05) is 31.8 Å². The van der Waals surface area contributed by atoms with E-state index in [-0.39, 0.29) is 18.1 Å². The van der Waals surface area contributed by atoms with E-state index in [9.17, 15) is 10.2 Å². The minimum atomic E-state index is -0.896. The first-order valence-electron chi connectivity index (χ1n) is 8.72. The Morgan fingerprint density at radius 3 is 2.70 bits per heavy atom. The van der Waals surface area contributed by atoms with Crippen LogP contribution in [0.5, 0.6) is 0 Å². The predicted molar refractivity (Wildman–Crippen MR) is 86.4 cm³/mol. The summed E-state index contributed by atoms with van der Waals surface area (Å²) >= 11 is 0. The number of hydrogen-bond donors (Lipinski definition) is 2. The molecule has 2 N–H and O–H groups in total. The van der Waals surface area contributed by atoms with Gasteiger partial charge >= 0.3 is 0 Å². The Labute approximate surface area is 137 Å². The summed E-state index contributed by atoms with van der Waals surface area (Å²) in [6, 6.07) is 10.7. The van der Waals surface area contributed by atoms with E-state index in [2.05, 4.69) is 29.2 Å². The summed E-state index contributed by atoms with van der Waals surface area (Å²) in [5, 5.41) is 21.2. The minimum Gasteiger partial charge on any atom is -0.390 e. The largest absolute Gasteiger partial charge is 0.390 e. The number of aliphatic hydroxyl groups is 2. The van der Waals surface area contributed by atoms with Crippen LogP contribution in [0.2, 0.25) is 0 Å². The maximum Gasteiger partial charge on any atom is 0.216 e. The Kier molecular flexibility index (Phi) is 4.15. The van der Waals surface area contributed by atoms with Crippen LogP contribution in [-0.2, 0) is 11.3 Å². The Morgan fingerprint density at radius 1 is 1.22 bits per heavy atom. The highest BCUT2D eigenvalue weighted by molar-refractivity contribution is 5.18. The Balaban J connectivity index is 1.57. The molecule has 1 aromatic carbocycles. The molecule has 0 saturated carbocycles. The van der Waals surface area contributed by atoms with Gasteiger partial charge in [-0.1, -0.05) is 30.3 Å². The molecule has 0 radical (unpaired) electrons. The fourth-order valence-corrected chi connectivity index (χ4v) is 4.97. The molecule has 3 saturated heterocycles. The number of hydrogen-bond acceptors (Lipinski definition) is 5. The first kappa shape index (κ1) is 15.5. The Bertz CT molecular complexity index is 540. The second-order valence-corrected chi connectivity index (χ2v) is 7.10. The molecule has 0 spiro atoms. The van der Waals surface area contributed by atoms with Gasteiger partial charge < -0.3 is 14.9 Å². The molecule has 3 heterocycles. The van der Waals surface area contributed by atoms with Crippen molar-refractivity contribution in [1.29, 1.82) is 0 Å².